The molecule has 2 atom stereocenters. The molecule has 0 saturated heterocycles. The lowest BCUT2D eigenvalue weighted by Crippen LogP contribution is -2.37. The van der Waals surface area contributed by atoms with Gasteiger partial charge in [-0.1, -0.05) is 48.5 Å². The number of hydrogen-bond acceptors (Lipinski definition) is 1. The van der Waals surface area contributed by atoms with Gasteiger partial charge >= 0.3 is 0 Å². The van der Waals surface area contributed by atoms with Crippen molar-refractivity contribution in [3.05, 3.63) is 70.8 Å². The maximum absolute atomic E-state index is 13.3. The molecule has 0 N–H and O–H groups in total. The van der Waals surface area contributed by atoms with Crippen LogP contribution in [0.1, 0.15) is 59.9 Å². The van der Waals surface area contributed by atoms with E-state index in [9.17, 15) is 4.79 Å². The predicted octanol–water partition coefficient (Wildman–Crippen LogP) is 4.64. The summed E-state index contributed by atoms with van der Waals surface area (Å²) in [7, 11) is 2.01. The van der Waals surface area contributed by atoms with Crippen molar-refractivity contribution in [3.63, 3.8) is 0 Å². The Morgan fingerprint density at radius 2 is 1.46 bits per heavy atom. The van der Waals surface area contributed by atoms with Gasteiger partial charge in [0.1, 0.15) is 0 Å². The van der Waals surface area contributed by atoms with Gasteiger partial charge < -0.3 is 4.90 Å². The zero-order valence-electron chi connectivity index (χ0n) is 14.4. The van der Waals surface area contributed by atoms with Gasteiger partial charge in [-0.15, -0.1) is 0 Å². The fourth-order valence-corrected chi connectivity index (χ4v) is 4.54. The van der Waals surface area contributed by atoms with Crippen LogP contribution in [0.2, 0.25) is 0 Å². The Kier molecular flexibility index (Phi) is 4.13. The van der Waals surface area contributed by atoms with E-state index in [1.165, 1.54) is 28.7 Å². The summed E-state index contributed by atoms with van der Waals surface area (Å²) in [6, 6.07) is 17.4. The maximum atomic E-state index is 13.3. The van der Waals surface area contributed by atoms with E-state index in [0.717, 1.165) is 32.1 Å². The first-order chi connectivity index (χ1) is 11.8. The van der Waals surface area contributed by atoms with Crippen LogP contribution in [-0.4, -0.2) is 17.9 Å². The maximum Gasteiger partial charge on any atom is 0.230 e. The number of rotatable bonds is 2. The molecule has 0 saturated carbocycles. The molecule has 0 spiro atoms. The zero-order valence-corrected chi connectivity index (χ0v) is 14.4. The summed E-state index contributed by atoms with van der Waals surface area (Å²) >= 11 is 0. The van der Waals surface area contributed by atoms with Gasteiger partial charge in [-0.25, -0.2) is 0 Å². The number of carbonyl (C=O) groups is 1. The van der Waals surface area contributed by atoms with Crippen LogP contribution in [0, 0.1) is 0 Å². The molecular formula is C22H25NO. The van der Waals surface area contributed by atoms with Gasteiger partial charge in [0.05, 0.1) is 12.0 Å². The van der Waals surface area contributed by atoms with Gasteiger partial charge in [-0.2, -0.15) is 0 Å². The molecule has 0 aromatic heterocycles. The van der Waals surface area contributed by atoms with Crippen molar-refractivity contribution >= 4 is 5.91 Å². The predicted molar refractivity (Wildman–Crippen MR) is 97.0 cm³/mol. The average Bonchev–Trinajstić information content (AvgIpc) is 2.66. The van der Waals surface area contributed by atoms with Crippen LogP contribution in [0.3, 0.4) is 0 Å². The number of aryl methyl sites for hydroxylation is 2. The molecule has 0 heterocycles. The van der Waals surface area contributed by atoms with Crippen molar-refractivity contribution in [1.29, 1.82) is 0 Å². The second-order valence-electron chi connectivity index (χ2n) is 7.20. The van der Waals surface area contributed by atoms with Crippen molar-refractivity contribution in [1.82, 2.24) is 4.90 Å². The third-order valence-electron chi connectivity index (χ3n) is 5.82. The molecule has 0 aliphatic heterocycles. The number of likely N-dealkylation sites (N-methyl/N-ethyl adjacent to an activating group) is 1. The lowest BCUT2D eigenvalue weighted by molar-refractivity contribution is -0.134. The topological polar surface area (TPSA) is 20.3 Å². The molecule has 2 unspecified atom stereocenters. The molecule has 2 aromatic rings. The first kappa shape index (κ1) is 15.4. The molecule has 2 aromatic carbocycles. The first-order valence-corrected chi connectivity index (χ1v) is 9.18. The highest BCUT2D eigenvalue weighted by Crippen LogP contribution is 2.38. The Hall–Kier alpha value is -2.09. The van der Waals surface area contributed by atoms with Gasteiger partial charge in [-0.3, -0.25) is 4.79 Å². The molecule has 24 heavy (non-hydrogen) atoms. The smallest absolute Gasteiger partial charge is 0.230 e. The van der Waals surface area contributed by atoms with Crippen molar-refractivity contribution in [2.24, 2.45) is 0 Å². The molecule has 2 nitrogen and oxygen atoms in total. The van der Waals surface area contributed by atoms with Gasteiger partial charge in [0.25, 0.3) is 0 Å². The summed E-state index contributed by atoms with van der Waals surface area (Å²) in [6.07, 6.45) is 6.59. The number of benzene rings is 2. The van der Waals surface area contributed by atoms with Crippen LogP contribution in [0.25, 0.3) is 0 Å². The van der Waals surface area contributed by atoms with E-state index in [2.05, 4.69) is 48.5 Å². The van der Waals surface area contributed by atoms with Gasteiger partial charge in [-0.05, 0) is 60.8 Å². The van der Waals surface area contributed by atoms with Crippen molar-refractivity contribution in [2.75, 3.05) is 7.05 Å². The standard InChI is InChI=1S/C22H25NO/c1-23(21-15-7-11-17-9-3-5-13-19(17)21)22(24)20-14-6-10-16-8-2-4-12-18(16)20/h2-5,8-9,12-13,20-21H,6-7,10-11,14-15H2,1H3. The van der Waals surface area contributed by atoms with Crippen LogP contribution in [0.4, 0.5) is 0 Å². The molecule has 2 heteroatoms. The molecule has 2 aliphatic rings. The van der Waals surface area contributed by atoms with Crippen molar-refractivity contribution in [2.45, 2.75) is 50.5 Å². The third kappa shape index (κ3) is 2.64. The summed E-state index contributed by atoms with van der Waals surface area (Å²) in [4.78, 5) is 15.3. The minimum absolute atomic E-state index is 0.0361. The van der Waals surface area contributed by atoms with Crippen LogP contribution in [0.15, 0.2) is 48.5 Å². The largest absolute Gasteiger partial charge is 0.338 e. The molecule has 0 bridgehead atoms. The fraction of sp³-hybridized carbons (Fsp3) is 0.409. The van der Waals surface area contributed by atoms with E-state index in [4.69, 9.17) is 0 Å². The second kappa shape index (κ2) is 6.43. The Morgan fingerprint density at radius 1 is 0.875 bits per heavy atom. The first-order valence-electron chi connectivity index (χ1n) is 9.18. The summed E-state index contributed by atoms with van der Waals surface area (Å²) in [6.45, 7) is 0. The van der Waals surface area contributed by atoms with Gasteiger partial charge in [0, 0.05) is 7.05 Å². The highest BCUT2D eigenvalue weighted by molar-refractivity contribution is 5.84. The Morgan fingerprint density at radius 3 is 2.21 bits per heavy atom. The zero-order chi connectivity index (χ0) is 16.5. The molecule has 4 rings (SSSR count). The molecule has 0 radical (unpaired) electrons. The van der Waals surface area contributed by atoms with Crippen molar-refractivity contribution < 1.29 is 4.79 Å². The minimum atomic E-state index is 0.0361. The Bertz CT molecular complexity index is 751. The van der Waals surface area contributed by atoms with Gasteiger partial charge in [0.2, 0.25) is 5.91 Å². The van der Waals surface area contributed by atoms with E-state index < -0.39 is 0 Å². The SMILES string of the molecule is CN(C(=O)C1CCCc2ccccc21)C1CCCc2ccccc21. The molecule has 0 fully saturated rings. The number of carbonyl (C=O) groups excluding carboxylic acids is 1. The minimum Gasteiger partial charge on any atom is -0.338 e. The summed E-state index contributed by atoms with van der Waals surface area (Å²) in [5.74, 6) is 0.331. The monoisotopic (exact) mass is 319 g/mol. The van der Waals surface area contributed by atoms with Gasteiger partial charge in [0.15, 0.2) is 0 Å². The van der Waals surface area contributed by atoms with E-state index in [1.54, 1.807) is 0 Å². The average molecular weight is 319 g/mol. The van der Waals surface area contributed by atoms with E-state index in [-0.39, 0.29) is 12.0 Å². The molecule has 1 amide bonds. The number of fused-ring (bicyclic) bond motifs is 2. The van der Waals surface area contributed by atoms with E-state index in [1.807, 2.05) is 11.9 Å². The van der Waals surface area contributed by atoms with Crippen LogP contribution < -0.4 is 0 Å². The lowest BCUT2D eigenvalue weighted by atomic mass is 9.81. The summed E-state index contributed by atoms with van der Waals surface area (Å²) < 4.78 is 0. The Balaban J connectivity index is 1.62. The highest BCUT2D eigenvalue weighted by Gasteiger charge is 2.33. The normalized spacial score (nSPS) is 22.4. The highest BCUT2D eigenvalue weighted by atomic mass is 16.2. The van der Waals surface area contributed by atoms with Crippen LogP contribution >= 0.6 is 0 Å². The lowest BCUT2D eigenvalue weighted by Gasteiger charge is -2.36. The van der Waals surface area contributed by atoms with E-state index >= 15 is 0 Å². The van der Waals surface area contributed by atoms with Crippen molar-refractivity contribution in [3.8, 4) is 0 Å². The number of amides is 1. The van der Waals surface area contributed by atoms with Crippen LogP contribution in [-0.2, 0) is 17.6 Å². The fourth-order valence-electron chi connectivity index (χ4n) is 4.54. The molecular weight excluding hydrogens is 294 g/mol. The number of nitrogens with zero attached hydrogens (tertiary/aromatic N) is 1. The van der Waals surface area contributed by atoms with E-state index in [0.29, 0.717) is 5.91 Å². The number of hydrogen-bond donors (Lipinski definition) is 0. The Labute approximate surface area is 144 Å². The van der Waals surface area contributed by atoms with Crippen LogP contribution in [0.5, 0.6) is 0 Å². The molecule has 2 aliphatic carbocycles. The quantitative estimate of drug-likeness (QED) is 0.789. The molecule has 124 valence electrons. The summed E-state index contributed by atoms with van der Waals surface area (Å²) in [5, 5.41) is 0. The summed E-state index contributed by atoms with van der Waals surface area (Å²) in [5.41, 5.74) is 5.38. The second-order valence-corrected chi connectivity index (χ2v) is 7.20. The third-order valence-corrected chi connectivity index (χ3v) is 5.82.